The maximum absolute atomic E-state index is 13.1. The van der Waals surface area contributed by atoms with E-state index in [1.165, 1.54) is 17.5 Å². The summed E-state index contributed by atoms with van der Waals surface area (Å²) in [5.74, 6) is 0.965. The largest absolute Gasteiger partial charge is 0.370 e. The van der Waals surface area contributed by atoms with Gasteiger partial charge in [-0.1, -0.05) is 6.07 Å². The Labute approximate surface area is 204 Å². The van der Waals surface area contributed by atoms with Crippen LogP contribution in [0, 0.1) is 5.92 Å². The number of likely N-dealkylation sites (N-methyl/N-ethyl adjacent to an activating group) is 1. The number of aryl methyl sites for hydroxylation is 1. The third-order valence-electron chi connectivity index (χ3n) is 6.38. The van der Waals surface area contributed by atoms with Gasteiger partial charge in [-0.25, -0.2) is 9.97 Å². The second-order valence-corrected chi connectivity index (χ2v) is 9.28. The fraction of sp³-hybridized carbons (Fsp3) is 0.400. The molecule has 0 bridgehead atoms. The van der Waals surface area contributed by atoms with E-state index in [-0.39, 0.29) is 17.3 Å². The molecule has 2 amide bonds. The number of carbonyl (C=O) groups excluding carboxylic acids is 2. The lowest BCUT2D eigenvalue weighted by atomic mass is 10.1. The number of anilines is 2. The zero-order valence-electron chi connectivity index (χ0n) is 20.1. The molecule has 4 heterocycles. The van der Waals surface area contributed by atoms with Crippen LogP contribution in [0.4, 0.5) is 11.5 Å². The minimum Gasteiger partial charge on any atom is -0.370 e. The second-order valence-electron chi connectivity index (χ2n) is 9.28. The van der Waals surface area contributed by atoms with Crippen LogP contribution in [-0.4, -0.2) is 81.1 Å². The monoisotopic (exact) mass is 474 g/mol. The average Bonchev–Trinajstić information content (AvgIpc) is 3.64. The Morgan fingerprint density at radius 3 is 2.66 bits per heavy atom. The molecule has 3 aromatic heterocycles. The summed E-state index contributed by atoms with van der Waals surface area (Å²) in [5, 5.41) is 10.5. The topological polar surface area (TPSA) is 108 Å². The van der Waals surface area contributed by atoms with Gasteiger partial charge in [0, 0.05) is 57.7 Å². The summed E-state index contributed by atoms with van der Waals surface area (Å²) in [6, 6.07) is 9.14. The fourth-order valence-corrected chi connectivity index (χ4v) is 4.06. The lowest BCUT2D eigenvalue weighted by Gasteiger charge is -2.32. The SMILES string of the molecule is CN1CCN(C(=O)c2nn(C)cc2NC(=O)c2cccc(-c3ccnc(NCC4CC4)c3)n2)CC1. The first-order valence-corrected chi connectivity index (χ1v) is 12.0. The molecule has 10 heteroatoms. The zero-order chi connectivity index (χ0) is 24.4. The smallest absolute Gasteiger partial charge is 0.276 e. The van der Waals surface area contributed by atoms with Gasteiger partial charge in [0.25, 0.3) is 11.8 Å². The summed E-state index contributed by atoms with van der Waals surface area (Å²) in [4.78, 5) is 39.1. The first-order chi connectivity index (χ1) is 17.0. The van der Waals surface area contributed by atoms with Crippen molar-refractivity contribution in [1.82, 2.24) is 29.5 Å². The van der Waals surface area contributed by atoms with Gasteiger partial charge in [-0.15, -0.1) is 0 Å². The second kappa shape index (κ2) is 9.83. The minimum atomic E-state index is -0.395. The van der Waals surface area contributed by atoms with Gasteiger partial charge < -0.3 is 20.4 Å². The molecule has 1 saturated carbocycles. The van der Waals surface area contributed by atoms with Crippen LogP contribution in [0.3, 0.4) is 0 Å². The van der Waals surface area contributed by atoms with Gasteiger partial charge in [0.1, 0.15) is 11.5 Å². The molecule has 3 aromatic rings. The summed E-state index contributed by atoms with van der Waals surface area (Å²) < 4.78 is 1.54. The molecule has 0 spiro atoms. The third kappa shape index (κ3) is 5.48. The molecule has 0 atom stereocenters. The quantitative estimate of drug-likeness (QED) is 0.541. The number of piperazine rings is 1. The Hall–Kier alpha value is -3.79. The van der Waals surface area contributed by atoms with Crippen molar-refractivity contribution >= 4 is 23.3 Å². The first kappa shape index (κ1) is 23.0. The normalized spacial score (nSPS) is 16.2. The van der Waals surface area contributed by atoms with E-state index in [2.05, 4.69) is 30.6 Å². The van der Waals surface area contributed by atoms with E-state index in [1.54, 1.807) is 36.5 Å². The number of carbonyl (C=O) groups is 2. The average molecular weight is 475 g/mol. The molecule has 1 aliphatic heterocycles. The van der Waals surface area contributed by atoms with E-state index in [0.29, 0.717) is 24.5 Å². The molecule has 0 aromatic carbocycles. The molecule has 1 saturated heterocycles. The van der Waals surface area contributed by atoms with Gasteiger partial charge in [-0.2, -0.15) is 5.10 Å². The molecule has 2 fully saturated rings. The van der Waals surface area contributed by atoms with Crippen molar-refractivity contribution in [2.45, 2.75) is 12.8 Å². The third-order valence-corrected chi connectivity index (χ3v) is 6.38. The van der Waals surface area contributed by atoms with Gasteiger partial charge in [0.2, 0.25) is 0 Å². The zero-order valence-corrected chi connectivity index (χ0v) is 20.1. The highest BCUT2D eigenvalue weighted by atomic mass is 16.2. The first-order valence-electron chi connectivity index (χ1n) is 12.0. The molecule has 0 radical (unpaired) electrons. The van der Waals surface area contributed by atoms with Crippen molar-refractivity contribution in [3.8, 4) is 11.3 Å². The Bertz CT molecular complexity index is 1230. The Morgan fingerprint density at radius 2 is 1.89 bits per heavy atom. The maximum atomic E-state index is 13.1. The molecule has 0 unspecified atom stereocenters. The Balaban J connectivity index is 1.31. The molecule has 182 valence electrons. The summed E-state index contributed by atoms with van der Waals surface area (Å²) in [6.07, 6.45) is 5.92. The summed E-state index contributed by atoms with van der Waals surface area (Å²) in [6.45, 7) is 3.80. The standard InChI is InChI=1S/C25H30N8O2/c1-31-10-12-33(13-11-31)25(35)23-21(16-32(2)30-23)29-24(34)20-5-3-4-19(28-20)18-8-9-26-22(14-18)27-15-17-6-7-17/h3-5,8-9,14,16-17H,6-7,10-13,15H2,1-2H3,(H,26,27)(H,29,34). The number of nitrogens with one attached hydrogen (secondary N) is 2. The molecule has 2 aliphatic rings. The van der Waals surface area contributed by atoms with Crippen LogP contribution in [0.15, 0.2) is 42.7 Å². The van der Waals surface area contributed by atoms with Crippen molar-refractivity contribution < 1.29 is 9.59 Å². The molecule has 2 N–H and O–H groups in total. The Morgan fingerprint density at radius 1 is 1.09 bits per heavy atom. The highest BCUT2D eigenvalue weighted by Crippen LogP contribution is 2.29. The predicted molar refractivity (Wildman–Crippen MR) is 133 cm³/mol. The Kier molecular flexibility index (Phi) is 6.45. The number of nitrogens with zero attached hydrogens (tertiary/aromatic N) is 6. The van der Waals surface area contributed by atoms with Gasteiger partial charge in [0.05, 0.1) is 11.4 Å². The van der Waals surface area contributed by atoms with Crippen LogP contribution in [0.25, 0.3) is 11.3 Å². The van der Waals surface area contributed by atoms with E-state index >= 15 is 0 Å². The number of pyridine rings is 2. The van der Waals surface area contributed by atoms with E-state index in [9.17, 15) is 9.59 Å². The summed E-state index contributed by atoms with van der Waals surface area (Å²) in [5.41, 5.74) is 2.43. The summed E-state index contributed by atoms with van der Waals surface area (Å²) in [7, 11) is 3.76. The van der Waals surface area contributed by atoms with Gasteiger partial charge in [0.15, 0.2) is 5.69 Å². The maximum Gasteiger partial charge on any atom is 0.276 e. The molecule has 5 rings (SSSR count). The summed E-state index contributed by atoms with van der Waals surface area (Å²) >= 11 is 0. The highest BCUT2D eigenvalue weighted by Gasteiger charge is 2.26. The lowest BCUT2D eigenvalue weighted by Crippen LogP contribution is -2.47. The van der Waals surface area contributed by atoms with E-state index in [0.717, 1.165) is 36.9 Å². The van der Waals surface area contributed by atoms with E-state index < -0.39 is 5.91 Å². The van der Waals surface area contributed by atoms with Crippen LogP contribution in [0.5, 0.6) is 0 Å². The van der Waals surface area contributed by atoms with Gasteiger partial charge in [-0.3, -0.25) is 14.3 Å². The lowest BCUT2D eigenvalue weighted by molar-refractivity contribution is 0.0658. The number of aromatic nitrogens is 4. The van der Waals surface area contributed by atoms with Crippen LogP contribution < -0.4 is 10.6 Å². The van der Waals surface area contributed by atoms with Crippen molar-refractivity contribution in [3.63, 3.8) is 0 Å². The van der Waals surface area contributed by atoms with E-state index in [4.69, 9.17) is 0 Å². The number of hydrogen-bond donors (Lipinski definition) is 2. The molecule has 35 heavy (non-hydrogen) atoms. The van der Waals surface area contributed by atoms with Crippen LogP contribution in [-0.2, 0) is 7.05 Å². The highest BCUT2D eigenvalue weighted by molar-refractivity contribution is 6.07. The molecule has 1 aliphatic carbocycles. The minimum absolute atomic E-state index is 0.182. The number of amides is 2. The molecule has 10 nitrogen and oxygen atoms in total. The van der Waals surface area contributed by atoms with Gasteiger partial charge >= 0.3 is 0 Å². The number of hydrogen-bond acceptors (Lipinski definition) is 7. The molecular formula is C25H30N8O2. The van der Waals surface area contributed by atoms with Crippen molar-refractivity contribution in [2.24, 2.45) is 13.0 Å². The van der Waals surface area contributed by atoms with Crippen molar-refractivity contribution in [3.05, 3.63) is 54.1 Å². The molecular weight excluding hydrogens is 444 g/mol. The van der Waals surface area contributed by atoms with Crippen molar-refractivity contribution in [1.29, 1.82) is 0 Å². The van der Waals surface area contributed by atoms with E-state index in [1.807, 2.05) is 25.2 Å². The van der Waals surface area contributed by atoms with Crippen molar-refractivity contribution in [2.75, 3.05) is 50.4 Å². The van der Waals surface area contributed by atoms with Crippen LogP contribution >= 0.6 is 0 Å². The van der Waals surface area contributed by atoms with Gasteiger partial charge in [-0.05, 0) is 50.1 Å². The predicted octanol–water partition coefficient (Wildman–Crippen LogP) is 2.34. The number of rotatable bonds is 7. The van der Waals surface area contributed by atoms with Crippen LogP contribution in [0.2, 0.25) is 0 Å². The fourth-order valence-electron chi connectivity index (χ4n) is 4.06. The van der Waals surface area contributed by atoms with Crippen LogP contribution in [0.1, 0.15) is 33.8 Å².